The van der Waals surface area contributed by atoms with Gasteiger partial charge in [-0.15, -0.1) is 0 Å². The highest BCUT2D eigenvalue weighted by Crippen LogP contribution is 2.04. The Bertz CT molecular complexity index is 251. The molecule has 3 heteroatoms. The van der Waals surface area contributed by atoms with Gasteiger partial charge in [0, 0.05) is 6.54 Å². The molecule has 0 spiro atoms. The van der Waals surface area contributed by atoms with E-state index in [-0.39, 0.29) is 0 Å². The molecule has 3 nitrogen and oxygen atoms in total. The van der Waals surface area contributed by atoms with Gasteiger partial charge in [0.25, 0.3) is 0 Å². The molecule has 1 aromatic carbocycles. The number of aliphatic imine (C=N–C) groups is 1. The van der Waals surface area contributed by atoms with E-state index in [1.54, 1.807) is 0 Å². The number of hydrogen-bond acceptors (Lipinski definition) is 2. The van der Waals surface area contributed by atoms with Crippen molar-refractivity contribution in [1.29, 1.82) is 0 Å². The van der Waals surface area contributed by atoms with Crippen LogP contribution in [0.3, 0.4) is 0 Å². The molecule has 0 unspecified atom stereocenters. The van der Waals surface area contributed by atoms with Crippen LogP contribution < -0.4 is 11.5 Å². The Morgan fingerprint density at radius 1 is 1.17 bits per heavy atom. The van der Waals surface area contributed by atoms with E-state index in [2.05, 4.69) is 4.99 Å². The van der Waals surface area contributed by atoms with E-state index in [1.807, 2.05) is 24.3 Å². The van der Waals surface area contributed by atoms with Crippen molar-refractivity contribution in [2.24, 2.45) is 16.5 Å². The predicted molar refractivity (Wildman–Crippen MR) is 50.7 cm³/mol. The first-order valence-corrected chi connectivity index (χ1v) is 3.84. The molecule has 1 rings (SSSR count). The van der Waals surface area contributed by atoms with Crippen molar-refractivity contribution >= 4 is 6.34 Å². The second-order valence-electron chi connectivity index (χ2n) is 2.51. The van der Waals surface area contributed by atoms with Crippen molar-refractivity contribution in [2.75, 3.05) is 0 Å². The van der Waals surface area contributed by atoms with Gasteiger partial charge in [0.15, 0.2) is 0 Å². The van der Waals surface area contributed by atoms with Crippen molar-refractivity contribution < 1.29 is 0 Å². The van der Waals surface area contributed by atoms with Crippen molar-refractivity contribution in [3.63, 3.8) is 0 Å². The van der Waals surface area contributed by atoms with E-state index >= 15 is 0 Å². The normalized spacial score (nSPS) is 10.8. The van der Waals surface area contributed by atoms with Gasteiger partial charge in [-0.3, -0.25) is 4.99 Å². The molecule has 1 aromatic rings. The summed E-state index contributed by atoms with van der Waals surface area (Å²) >= 11 is 0. The molecular formula is C9H13N3. The average Bonchev–Trinajstić information content (AvgIpc) is 2.15. The second-order valence-corrected chi connectivity index (χ2v) is 2.51. The summed E-state index contributed by atoms with van der Waals surface area (Å²) in [6.07, 6.45) is 1.32. The minimum Gasteiger partial charge on any atom is -0.390 e. The highest BCUT2D eigenvalue weighted by molar-refractivity contribution is 5.51. The summed E-state index contributed by atoms with van der Waals surface area (Å²) in [5.74, 6) is 0. The van der Waals surface area contributed by atoms with Gasteiger partial charge >= 0.3 is 0 Å². The van der Waals surface area contributed by atoms with Gasteiger partial charge in [0.05, 0.1) is 12.9 Å². The zero-order valence-corrected chi connectivity index (χ0v) is 6.90. The Morgan fingerprint density at radius 3 is 2.25 bits per heavy atom. The summed E-state index contributed by atoms with van der Waals surface area (Å²) in [6.45, 7) is 1.22. The molecule has 0 atom stereocenters. The second kappa shape index (κ2) is 4.51. The third-order valence-corrected chi connectivity index (χ3v) is 1.64. The molecule has 0 fully saturated rings. The van der Waals surface area contributed by atoms with Gasteiger partial charge < -0.3 is 11.5 Å². The Balaban J connectivity index is 2.64. The largest absolute Gasteiger partial charge is 0.390 e. The van der Waals surface area contributed by atoms with Gasteiger partial charge in [-0.1, -0.05) is 24.3 Å². The van der Waals surface area contributed by atoms with Crippen LogP contribution >= 0.6 is 0 Å². The van der Waals surface area contributed by atoms with Crippen molar-refractivity contribution in [3.8, 4) is 0 Å². The molecule has 0 heterocycles. The van der Waals surface area contributed by atoms with Crippen LogP contribution in [0.15, 0.2) is 29.3 Å². The third-order valence-electron chi connectivity index (χ3n) is 1.64. The summed E-state index contributed by atoms with van der Waals surface area (Å²) in [5, 5.41) is 0. The highest BCUT2D eigenvalue weighted by atomic mass is 14.8. The molecule has 0 aromatic heterocycles. The van der Waals surface area contributed by atoms with E-state index in [1.165, 1.54) is 6.34 Å². The van der Waals surface area contributed by atoms with Crippen LogP contribution in [0.5, 0.6) is 0 Å². The fraction of sp³-hybridized carbons (Fsp3) is 0.222. The molecule has 0 saturated carbocycles. The van der Waals surface area contributed by atoms with E-state index in [0.717, 1.165) is 11.1 Å². The summed E-state index contributed by atoms with van der Waals surface area (Å²) < 4.78 is 0. The van der Waals surface area contributed by atoms with Crippen LogP contribution in [0.25, 0.3) is 0 Å². The lowest BCUT2D eigenvalue weighted by Crippen LogP contribution is -1.96. The van der Waals surface area contributed by atoms with E-state index < -0.39 is 0 Å². The van der Waals surface area contributed by atoms with Gasteiger partial charge in [-0.05, 0) is 11.1 Å². The van der Waals surface area contributed by atoms with E-state index in [9.17, 15) is 0 Å². The van der Waals surface area contributed by atoms with Crippen molar-refractivity contribution in [2.45, 2.75) is 13.1 Å². The lowest BCUT2D eigenvalue weighted by Gasteiger charge is -1.98. The molecule has 4 N–H and O–H groups in total. The first-order chi connectivity index (χ1) is 5.86. The number of nitrogens with two attached hydrogens (primary N) is 2. The zero-order valence-electron chi connectivity index (χ0n) is 6.90. The van der Waals surface area contributed by atoms with Gasteiger partial charge in [-0.25, -0.2) is 0 Å². The average molecular weight is 163 g/mol. The van der Waals surface area contributed by atoms with Crippen LogP contribution in [0, 0.1) is 0 Å². The molecular weight excluding hydrogens is 150 g/mol. The fourth-order valence-electron chi connectivity index (χ4n) is 0.939. The van der Waals surface area contributed by atoms with Crippen LogP contribution in [-0.4, -0.2) is 6.34 Å². The molecule has 64 valence electrons. The summed E-state index contributed by atoms with van der Waals surface area (Å²) in [7, 11) is 0. The molecule has 0 aliphatic carbocycles. The van der Waals surface area contributed by atoms with E-state index in [4.69, 9.17) is 11.5 Å². The lowest BCUT2D eigenvalue weighted by molar-refractivity contribution is 1.04. The van der Waals surface area contributed by atoms with Gasteiger partial charge in [0.1, 0.15) is 0 Å². The molecule has 0 aliphatic rings. The first-order valence-electron chi connectivity index (χ1n) is 3.84. The minimum atomic E-state index is 0.584. The number of benzene rings is 1. The summed E-state index contributed by atoms with van der Waals surface area (Å²) in [6, 6.07) is 8.02. The Kier molecular flexibility index (Phi) is 3.29. The maximum atomic E-state index is 5.45. The van der Waals surface area contributed by atoms with Crippen molar-refractivity contribution in [3.05, 3.63) is 35.4 Å². The standard InChI is InChI=1S/C9H13N3/c10-5-8-1-3-9(4-2-8)6-12-7-11/h1-4,7H,5-6,10H2,(H2,11,12). The van der Waals surface area contributed by atoms with Crippen LogP contribution in [-0.2, 0) is 13.1 Å². The maximum absolute atomic E-state index is 5.45. The number of nitrogens with zero attached hydrogens (tertiary/aromatic N) is 1. The minimum absolute atomic E-state index is 0.584. The monoisotopic (exact) mass is 163 g/mol. The highest BCUT2D eigenvalue weighted by Gasteiger charge is 1.90. The SMILES string of the molecule is NC=NCc1ccc(CN)cc1. The Labute approximate surface area is 72.1 Å². The Morgan fingerprint density at radius 2 is 1.75 bits per heavy atom. The predicted octanol–water partition coefficient (Wildman–Crippen LogP) is 0.632. The Hall–Kier alpha value is -1.35. The molecule has 0 saturated heterocycles. The third kappa shape index (κ3) is 2.36. The van der Waals surface area contributed by atoms with E-state index in [0.29, 0.717) is 13.1 Å². The first kappa shape index (κ1) is 8.74. The van der Waals surface area contributed by atoms with Crippen LogP contribution in [0.4, 0.5) is 0 Å². The lowest BCUT2D eigenvalue weighted by atomic mass is 10.1. The van der Waals surface area contributed by atoms with Crippen LogP contribution in [0.2, 0.25) is 0 Å². The molecule has 0 radical (unpaired) electrons. The fourth-order valence-corrected chi connectivity index (χ4v) is 0.939. The number of rotatable bonds is 3. The summed E-state index contributed by atoms with van der Waals surface area (Å²) in [4.78, 5) is 3.92. The topological polar surface area (TPSA) is 64.4 Å². The smallest absolute Gasteiger partial charge is 0.0801 e. The zero-order chi connectivity index (χ0) is 8.81. The van der Waals surface area contributed by atoms with Gasteiger partial charge in [-0.2, -0.15) is 0 Å². The van der Waals surface area contributed by atoms with Crippen LogP contribution in [0.1, 0.15) is 11.1 Å². The number of hydrogen-bond donors (Lipinski definition) is 2. The molecule has 0 bridgehead atoms. The molecule has 0 aliphatic heterocycles. The maximum Gasteiger partial charge on any atom is 0.0801 e. The summed E-state index contributed by atoms with van der Waals surface area (Å²) in [5.41, 5.74) is 12.9. The van der Waals surface area contributed by atoms with Crippen molar-refractivity contribution in [1.82, 2.24) is 0 Å². The quantitative estimate of drug-likeness (QED) is 0.507. The molecule has 12 heavy (non-hydrogen) atoms. The molecule has 0 amide bonds. The van der Waals surface area contributed by atoms with Gasteiger partial charge in [0.2, 0.25) is 0 Å².